The fourth-order valence-electron chi connectivity index (χ4n) is 4.50. The molecular weight excluding hydrogens is 380 g/mol. The lowest BCUT2D eigenvalue weighted by atomic mass is 9.69. The minimum atomic E-state index is -0.270. The van der Waals surface area contributed by atoms with Crippen LogP contribution in [0.2, 0.25) is 0 Å². The Kier molecular flexibility index (Phi) is 5.10. The van der Waals surface area contributed by atoms with Gasteiger partial charge in [-0.3, -0.25) is 19.5 Å². The van der Waals surface area contributed by atoms with E-state index in [1.54, 1.807) is 37.6 Å². The third-order valence-electron chi connectivity index (χ3n) is 5.82. The Bertz CT molecular complexity index is 1000. The normalized spacial score (nSPS) is 20.8. The van der Waals surface area contributed by atoms with Crippen molar-refractivity contribution in [3.63, 3.8) is 0 Å². The van der Waals surface area contributed by atoms with Crippen LogP contribution in [-0.2, 0) is 9.59 Å². The van der Waals surface area contributed by atoms with Gasteiger partial charge in [0.25, 0.3) is 0 Å². The van der Waals surface area contributed by atoms with Gasteiger partial charge in [0.1, 0.15) is 11.5 Å². The van der Waals surface area contributed by atoms with E-state index in [0.29, 0.717) is 30.0 Å². The van der Waals surface area contributed by atoms with Gasteiger partial charge in [0.2, 0.25) is 5.91 Å². The van der Waals surface area contributed by atoms with Crippen molar-refractivity contribution in [2.75, 3.05) is 19.1 Å². The van der Waals surface area contributed by atoms with Gasteiger partial charge in [-0.15, -0.1) is 0 Å². The van der Waals surface area contributed by atoms with Gasteiger partial charge in [0.15, 0.2) is 5.78 Å². The Labute approximate surface area is 176 Å². The molecule has 6 nitrogen and oxygen atoms in total. The molecule has 6 heteroatoms. The first kappa shape index (κ1) is 20.1. The van der Waals surface area contributed by atoms with Crippen LogP contribution < -0.4 is 14.4 Å². The second-order valence-corrected chi connectivity index (χ2v) is 8.64. The van der Waals surface area contributed by atoms with E-state index in [-0.39, 0.29) is 29.4 Å². The lowest BCUT2D eigenvalue weighted by Crippen LogP contribution is -2.43. The minimum absolute atomic E-state index is 0.0524. The number of methoxy groups -OCH3 is 2. The minimum Gasteiger partial charge on any atom is -0.497 e. The van der Waals surface area contributed by atoms with Crippen LogP contribution in [0.15, 0.2) is 54.0 Å². The lowest BCUT2D eigenvalue weighted by Gasteiger charge is -2.43. The zero-order chi connectivity index (χ0) is 21.5. The van der Waals surface area contributed by atoms with E-state index in [0.717, 1.165) is 16.8 Å². The Hall–Kier alpha value is -3.15. The molecular formula is C24H26N2O4. The van der Waals surface area contributed by atoms with E-state index in [4.69, 9.17) is 9.47 Å². The highest BCUT2D eigenvalue weighted by atomic mass is 16.5. The molecule has 156 valence electrons. The van der Waals surface area contributed by atoms with E-state index in [1.807, 2.05) is 24.3 Å². The van der Waals surface area contributed by atoms with Crippen LogP contribution in [-0.4, -0.2) is 30.9 Å². The molecule has 1 aliphatic heterocycles. The van der Waals surface area contributed by atoms with Crippen LogP contribution in [0.1, 0.15) is 44.6 Å². The summed E-state index contributed by atoms with van der Waals surface area (Å²) in [6.07, 6.45) is 4.77. The zero-order valence-corrected chi connectivity index (χ0v) is 17.8. The van der Waals surface area contributed by atoms with Crippen molar-refractivity contribution in [2.45, 2.75) is 39.0 Å². The van der Waals surface area contributed by atoms with Crippen molar-refractivity contribution in [3.05, 3.63) is 59.6 Å². The van der Waals surface area contributed by atoms with Crippen LogP contribution in [0, 0.1) is 5.41 Å². The van der Waals surface area contributed by atoms with Gasteiger partial charge in [0.05, 0.1) is 19.9 Å². The van der Waals surface area contributed by atoms with E-state index in [1.165, 1.54) is 0 Å². The van der Waals surface area contributed by atoms with Crippen molar-refractivity contribution in [1.29, 1.82) is 0 Å². The van der Waals surface area contributed by atoms with E-state index in [2.05, 4.69) is 18.8 Å². The molecule has 0 radical (unpaired) electrons. The van der Waals surface area contributed by atoms with E-state index in [9.17, 15) is 9.59 Å². The molecule has 0 saturated heterocycles. The van der Waals surface area contributed by atoms with Gasteiger partial charge in [-0.05, 0) is 23.5 Å². The van der Waals surface area contributed by atoms with Crippen LogP contribution in [0.3, 0.4) is 0 Å². The van der Waals surface area contributed by atoms with Gasteiger partial charge in [-0.1, -0.05) is 19.9 Å². The first-order valence-corrected chi connectivity index (χ1v) is 10.0. The van der Waals surface area contributed by atoms with Gasteiger partial charge < -0.3 is 9.47 Å². The molecule has 1 atom stereocenters. The number of amides is 1. The Morgan fingerprint density at radius 1 is 1.07 bits per heavy atom. The number of carbonyl (C=O) groups excluding carboxylic acids is 2. The van der Waals surface area contributed by atoms with Crippen LogP contribution in [0.25, 0.3) is 0 Å². The van der Waals surface area contributed by atoms with Gasteiger partial charge in [0, 0.05) is 60.6 Å². The first-order valence-electron chi connectivity index (χ1n) is 10.0. The Morgan fingerprint density at radius 2 is 1.77 bits per heavy atom. The number of allylic oxidation sites excluding steroid dienone is 2. The maximum Gasteiger partial charge on any atom is 0.232 e. The number of nitrogens with zero attached hydrogens (tertiary/aromatic N) is 2. The van der Waals surface area contributed by atoms with E-state index >= 15 is 0 Å². The molecule has 1 unspecified atom stereocenters. The average Bonchev–Trinajstić information content (AvgIpc) is 2.72. The highest BCUT2D eigenvalue weighted by Crippen LogP contribution is 2.48. The molecule has 2 heterocycles. The van der Waals surface area contributed by atoms with Crippen molar-refractivity contribution >= 4 is 17.4 Å². The number of rotatable bonds is 4. The third kappa shape index (κ3) is 3.58. The quantitative estimate of drug-likeness (QED) is 0.759. The van der Waals surface area contributed by atoms with Crippen LogP contribution >= 0.6 is 0 Å². The molecule has 4 rings (SSSR count). The topological polar surface area (TPSA) is 68.7 Å². The summed E-state index contributed by atoms with van der Waals surface area (Å²) in [5.41, 5.74) is 2.82. The first-order chi connectivity index (χ1) is 14.3. The largest absolute Gasteiger partial charge is 0.497 e. The second-order valence-electron chi connectivity index (χ2n) is 8.64. The number of benzene rings is 1. The fourth-order valence-corrected chi connectivity index (χ4v) is 4.50. The number of hydrogen-bond donors (Lipinski definition) is 0. The summed E-state index contributed by atoms with van der Waals surface area (Å²) >= 11 is 0. The third-order valence-corrected chi connectivity index (χ3v) is 5.82. The number of anilines is 1. The molecule has 1 aromatic heterocycles. The molecule has 0 saturated carbocycles. The van der Waals surface area contributed by atoms with Crippen molar-refractivity contribution in [1.82, 2.24) is 4.98 Å². The lowest BCUT2D eigenvalue weighted by molar-refractivity contribution is -0.121. The maximum atomic E-state index is 13.4. The number of ketones is 1. The molecule has 0 bridgehead atoms. The summed E-state index contributed by atoms with van der Waals surface area (Å²) in [5.74, 6) is 0.963. The Morgan fingerprint density at radius 3 is 2.37 bits per heavy atom. The number of pyridine rings is 1. The average molecular weight is 406 g/mol. The molecule has 2 aromatic rings. The highest BCUT2D eigenvalue weighted by molar-refractivity contribution is 6.08. The fraction of sp³-hybridized carbons (Fsp3) is 0.375. The molecule has 0 N–H and O–H groups in total. The molecule has 1 amide bonds. The van der Waals surface area contributed by atoms with Gasteiger partial charge in [-0.2, -0.15) is 0 Å². The molecule has 1 aromatic carbocycles. The van der Waals surface area contributed by atoms with Crippen LogP contribution in [0.5, 0.6) is 11.5 Å². The summed E-state index contributed by atoms with van der Waals surface area (Å²) in [6, 6.07) is 9.16. The molecule has 0 spiro atoms. The molecule has 30 heavy (non-hydrogen) atoms. The second kappa shape index (κ2) is 7.59. The number of hydrogen-bond acceptors (Lipinski definition) is 5. The summed E-state index contributed by atoms with van der Waals surface area (Å²) in [4.78, 5) is 32.6. The predicted octanol–water partition coefficient (Wildman–Crippen LogP) is 4.26. The molecule has 2 aliphatic rings. The van der Waals surface area contributed by atoms with E-state index < -0.39 is 0 Å². The maximum absolute atomic E-state index is 13.4. The molecule has 1 aliphatic carbocycles. The van der Waals surface area contributed by atoms with Crippen molar-refractivity contribution in [3.8, 4) is 11.5 Å². The summed E-state index contributed by atoms with van der Waals surface area (Å²) in [6.45, 7) is 4.13. The Balaban J connectivity index is 1.91. The molecule has 0 fully saturated rings. The number of carbonyl (C=O) groups is 2. The van der Waals surface area contributed by atoms with Gasteiger partial charge in [-0.25, -0.2) is 0 Å². The zero-order valence-electron chi connectivity index (χ0n) is 17.8. The number of Topliss-reactive ketones (excluding diaryl/α,β-unsaturated/α-hetero) is 1. The number of ether oxygens (including phenoxy) is 2. The number of aromatic nitrogens is 1. The van der Waals surface area contributed by atoms with Crippen molar-refractivity contribution in [2.24, 2.45) is 5.41 Å². The highest BCUT2D eigenvalue weighted by Gasteiger charge is 2.44. The van der Waals surface area contributed by atoms with Crippen LogP contribution in [0.4, 0.5) is 5.69 Å². The summed E-state index contributed by atoms with van der Waals surface area (Å²) in [7, 11) is 3.15. The van der Waals surface area contributed by atoms with Crippen molar-refractivity contribution < 1.29 is 19.1 Å². The SMILES string of the molecule is COc1cc(OC)cc(N2C(=O)CC(c3cccnc3)C3=C2CC(C)(C)CC3=O)c1. The summed E-state index contributed by atoms with van der Waals surface area (Å²) < 4.78 is 10.8. The monoisotopic (exact) mass is 406 g/mol. The summed E-state index contributed by atoms with van der Waals surface area (Å²) in [5, 5.41) is 0. The predicted molar refractivity (Wildman–Crippen MR) is 114 cm³/mol. The smallest absolute Gasteiger partial charge is 0.232 e. The standard InChI is InChI=1S/C24H26N2O4/c1-24(2)12-20-23(21(27)13-24)19(15-6-5-7-25-14-15)11-22(28)26(20)16-8-17(29-3)10-18(9-16)30-4/h5-10,14,19H,11-13H2,1-4H3. The van der Waals surface area contributed by atoms with Gasteiger partial charge >= 0.3 is 0 Å².